The van der Waals surface area contributed by atoms with Crippen LogP contribution in [0.1, 0.15) is 60.1 Å². The minimum atomic E-state index is -1.00. The van der Waals surface area contributed by atoms with E-state index in [1.807, 2.05) is 4.57 Å². The normalized spacial score (nSPS) is 15.1. The van der Waals surface area contributed by atoms with E-state index in [0.717, 1.165) is 17.0 Å². The number of aliphatic carboxylic acids is 1. The van der Waals surface area contributed by atoms with Gasteiger partial charge in [-0.05, 0) is 34.7 Å². The van der Waals surface area contributed by atoms with Gasteiger partial charge in [-0.2, -0.15) is 0 Å². The fraction of sp³-hybridized carbons (Fsp3) is 0.379. The van der Waals surface area contributed by atoms with Crippen LogP contribution in [-0.4, -0.2) is 57.0 Å². The number of carboxylic acid groups (broad SMARTS) is 1. The van der Waals surface area contributed by atoms with Crippen molar-refractivity contribution in [1.29, 1.82) is 0 Å². The third kappa shape index (κ3) is 6.04. The quantitative estimate of drug-likeness (QED) is 0.473. The Hall–Kier alpha value is -4.14. The highest BCUT2D eigenvalue weighted by atomic mass is 16.5. The Morgan fingerprint density at radius 3 is 2.53 bits per heavy atom. The molecule has 1 aliphatic heterocycles. The Morgan fingerprint density at radius 2 is 1.87 bits per heavy atom. The average molecular weight is 519 g/mol. The average Bonchev–Trinajstić information content (AvgIpc) is 3.28. The van der Waals surface area contributed by atoms with E-state index in [-0.39, 0.29) is 37.3 Å². The molecule has 0 saturated carbocycles. The first kappa shape index (κ1) is 26.9. The van der Waals surface area contributed by atoms with Crippen molar-refractivity contribution in [3.05, 3.63) is 82.9 Å². The molecule has 0 saturated heterocycles. The molecule has 2 amide bonds. The summed E-state index contributed by atoms with van der Waals surface area (Å²) in [7, 11) is 1.53. The zero-order valence-corrected chi connectivity index (χ0v) is 22.2. The number of benzene rings is 2. The number of nitrogens with zero attached hydrogens (tertiary/aromatic N) is 3. The van der Waals surface area contributed by atoms with Gasteiger partial charge in [-0.25, -0.2) is 4.98 Å². The van der Waals surface area contributed by atoms with Crippen LogP contribution in [0.15, 0.2) is 54.9 Å². The van der Waals surface area contributed by atoms with Gasteiger partial charge in [0, 0.05) is 25.1 Å². The smallest absolute Gasteiger partial charge is 0.305 e. The SMILES string of the molecule is COc1cccc(C(=O)N2Cc3c(ncn3Cc3ccc(C(C)(C)C)cc3)CC2C(=O)NCCC(=O)O)c1. The van der Waals surface area contributed by atoms with Crippen molar-refractivity contribution < 1.29 is 24.2 Å². The summed E-state index contributed by atoms with van der Waals surface area (Å²) < 4.78 is 7.30. The molecule has 0 spiro atoms. The lowest BCUT2D eigenvalue weighted by atomic mass is 9.87. The van der Waals surface area contributed by atoms with Gasteiger partial charge in [0.2, 0.25) is 5.91 Å². The van der Waals surface area contributed by atoms with Crippen LogP contribution in [0.5, 0.6) is 5.75 Å². The molecule has 1 aliphatic rings. The molecule has 0 bridgehead atoms. The van der Waals surface area contributed by atoms with Crippen molar-refractivity contribution in [2.24, 2.45) is 0 Å². The number of hydrogen-bond acceptors (Lipinski definition) is 5. The number of carbonyl (C=O) groups is 3. The zero-order valence-electron chi connectivity index (χ0n) is 22.2. The van der Waals surface area contributed by atoms with Crippen LogP contribution in [0.2, 0.25) is 0 Å². The number of fused-ring (bicyclic) bond motifs is 1. The van der Waals surface area contributed by atoms with Crippen LogP contribution < -0.4 is 10.1 Å². The fourth-order valence-corrected chi connectivity index (χ4v) is 4.59. The van der Waals surface area contributed by atoms with E-state index in [4.69, 9.17) is 9.84 Å². The lowest BCUT2D eigenvalue weighted by Crippen LogP contribution is -2.53. The Kier molecular flexibility index (Phi) is 7.85. The third-order valence-corrected chi connectivity index (χ3v) is 6.81. The van der Waals surface area contributed by atoms with Gasteiger partial charge < -0.3 is 24.6 Å². The molecule has 38 heavy (non-hydrogen) atoms. The van der Waals surface area contributed by atoms with Gasteiger partial charge in [0.15, 0.2) is 0 Å². The number of amides is 2. The number of rotatable bonds is 8. The monoisotopic (exact) mass is 518 g/mol. The maximum absolute atomic E-state index is 13.7. The number of carboxylic acids is 1. The molecule has 9 nitrogen and oxygen atoms in total. The second kappa shape index (κ2) is 11.1. The second-order valence-electron chi connectivity index (χ2n) is 10.5. The first-order chi connectivity index (χ1) is 18.1. The summed E-state index contributed by atoms with van der Waals surface area (Å²) in [5.41, 5.74) is 4.45. The van der Waals surface area contributed by atoms with E-state index in [1.165, 1.54) is 17.6 Å². The molecule has 1 aromatic heterocycles. The van der Waals surface area contributed by atoms with E-state index < -0.39 is 17.9 Å². The van der Waals surface area contributed by atoms with Gasteiger partial charge in [0.1, 0.15) is 11.8 Å². The molecule has 0 aliphatic carbocycles. The molecule has 0 radical (unpaired) electrons. The van der Waals surface area contributed by atoms with Gasteiger partial charge in [-0.1, -0.05) is 51.1 Å². The Bertz CT molecular complexity index is 1320. The molecule has 0 fully saturated rings. The highest BCUT2D eigenvalue weighted by Gasteiger charge is 2.37. The van der Waals surface area contributed by atoms with Crippen LogP contribution in [0, 0.1) is 0 Å². The highest BCUT2D eigenvalue weighted by Crippen LogP contribution is 2.27. The van der Waals surface area contributed by atoms with Crippen molar-refractivity contribution in [1.82, 2.24) is 19.8 Å². The van der Waals surface area contributed by atoms with Gasteiger partial charge in [0.05, 0.1) is 37.8 Å². The van der Waals surface area contributed by atoms with Crippen LogP contribution in [-0.2, 0) is 34.5 Å². The number of methoxy groups -OCH3 is 1. The maximum atomic E-state index is 13.7. The van der Waals surface area contributed by atoms with E-state index in [1.54, 1.807) is 30.6 Å². The topological polar surface area (TPSA) is 114 Å². The Labute approximate surface area is 222 Å². The molecule has 200 valence electrons. The standard InChI is InChI=1S/C29H34N4O5/c1-29(2,3)21-10-8-19(9-11-21)16-32-18-31-23-15-24(27(36)30-13-12-26(34)35)33(17-25(23)32)28(37)20-6-5-7-22(14-20)38-4/h5-11,14,18,24H,12-13,15-17H2,1-4H3,(H,30,36)(H,34,35). The summed E-state index contributed by atoms with van der Waals surface area (Å²) >= 11 is 0. The summed E-state index contributed by atoms with van der Waals surface area (Å²) in [6.45, 7) is 7.30. The first-order valence-electron chi connectivity index (χ1n) is 12.6. The Balaban J connectivity index is 1.61. The fourth-order valence-electron chi connectivity index (χ4n) is 4.59. The zero-order chi connectivity index (χ0) is 27.4. The minimum Gasteiger partial charge on any atom is -0.497 e. The summed E-state index contributed by atoms with van der Waals surface area (Å²) in [6.07, 6.45) is 1.79. The molecule has 3 aromatic rings. The molecular formula is C29H34N4O5. The van der Waals surface area contributed by atoms with E-state index >= 15 is 0 Å². The number of carbonyl (C=O) groups excluding carboxylic acids is 2. The molecular weight excluding hydrogens is 484 g/mol. The molecule has 2 heterocycles. The van der Waals surface area contributed by atoms with Crippen molar-refractivity contribution >= 4 is 17.8 Å². The first-order valence-corrected chi connectivity index (χ1v) is 12.6. The van der Waals surface area contributed by atoms with E-state index in [2.05, 4.69) is 55.3 Å². The molecule has 4 rings (SSSR count). The maximum Gasteiger partial charge on any atom is 0.305 e. The van der Waals surface area contributed by atoms with Crippen LogP contribution >= 0.6 is 0 Å². The summed E-state index contributed by atoms with van der Waals surface area (Å²) in [5.74, 6) is -1.18. The second-order valence-corrected chi connectivity index (χ2v) is 10.5. The Morgan fingerprint density at radius 1 is 1.13 bits per heavy atom. The molecule has 9 heteroatoms. The lowest BCUT2D eigenvalue weighted by molar-refractivity contribution is -0.137. The van der Waals surface area contributed by atoms with Crippen LogP contribution in [0.3, 0.4) is 0 Å². The molecule has 2 aromatic carbocycles. The predicted octanol–water partition coefficient (Wildman–Crippen LogP) is 3.40. The number of nitrogens with one attached hydrogen (secondary N) is 1. The summed E-state index contributed by atoms with van der Waals surface area (Å²) in [6, 6.07) is 14.5. The van der Waals surface area contributed by atoms with Crippen molar-refractivity contribution in [3.8, 4) is 5.75 Å². The molecule has 2 N–H and O–H groups in total. The number of ether oxygens (including phenoxy) is 1. The lowest BCUT2D eigenvalue weighted by Gasteiger charge is -2.35. The van der Waals surface area contributed by atoms with Gasteiger partial charge in [-0.15, -0.1) is 0 Å². The van der Waals surface area contributed by atoms with Crippen molar-refractivity contribution in [3.63, 3.8) is 0 Å². The van der Waals surface area contributed by atoms with Crippen LogP contribution in [0.25, 0.3) is 0 Å². The van der Waals surface area contributed by atoms with E-state index in [0.29, 0.717) is 17.9 Å². The number of aromatic nitrogens is 2. The molecule has 1 unspecified atom stereocenters. The largest absolute Gasteiger partial charge is 0.497 e. The predicted molar refractivity (Wildman–Crippen MR) is 142 cm³/mol. The summed E-state index contributed by atoms with van der Waals surface area (Å²) in [5, 5.41) is 11.6. The van der Waals surface area contributed by atoms with Crippen molar-refractivity contribution in [2.75, 3.05) is 13.7 Å². The van der Waals surface area contributed by atoms with Gasteiger partial charge in [-0.3, -0.25) is 14.4 Å². The third-order valence-electron chi connectivity index (χ3n) is 6.81. The van der Waals surface area contributed by atoms with Crippen molar-refractivity contribution in [2.45, 2.75) is 58.2 Å². The highest BCUT2D eigenvalue weighted by molar-refractivity contribution is 5.98. The minimum absolute atomic E-state index is 0.0162. The number of imidazole rings is 1. The van der Waals surface area contributed by atoms with Crippen LogP contribution in [0.4, 0.5) is 0 Å². The number of hydrogen-bond donors (Lipinski definition) is 2. The van der Waals surface area contributed by atoms with Gasteiger partial charge >= 0.3 is 5.97 Å². The van der Waals surface area contributed by atoms with Gasteiger partial charge in [0.25, 0.3) is 5.91 Å². The summed E-state index contributed by atoms with van der Waals surface area (Å²) in [4.78, 5) is 43.8. The molecule has 1 atom stereocenters. The van der Waals surface area contributed by atoms with E-state index in [9.17, 15) is 14.4 Å².